The first-order valence-corrected chi connectivity index (χ1v) is 7.36. The Hall–Kier alpha value is -1.96. The van der Waals surface area contributed by atoms with E-state index in [0.717, 1.165) is 6.07 Å². The average molecular weight is 373 g/mol. The molecule has 1 heterocycles. The number of hydrogen-bond acceptors (Lipinski definition) is 3. The Bertz CT molecular complexity index is 664. The number of amides is 2. The fourth-order valence-electron chi connectivity index (χ4n) is 2.65. The zero-order valence-corrected chi connectivity index (χ0v) is 13.3. The summed E-state index contributed by atoms with van der Waals surface area (Å²) in [6, 6.07) is 1.05. The van der Waals surface area contributed by atoms with Crippen LogP contribution in [0.1, 0.15) is 41.7 Å². The van der Waals surface area contributed by atoms with Crippen LogP contribution in [0.25, 0.3) is 0 Å². The second-order valence-electron chi connectivity index (χ2n) is 5.09. The Balaban J connectivity index is 2.38. The van der Waals surface area contributed by atoms with Gasteiger partial charge in [-0.15, -0.1) is 0 Å². The van der Waals surface area contributed by atoms with Crippen molar-refractivity contribution in [3.63, 3.8) is 0 Å². The topological polar surface area (TPSA) is 101 Å². The van der Waals surface area contributed by atoms with Gasteiger partial charge in [-0.1, -0.05) is 0 Å². The fraction of sp³-hybridized carbons (Fsp3) is 0.357. The average Bonchev–Trinajstić information content (AvgIpc) is 2.64. The van der Waals surface area contributed by atoms with Gasteiger partial charge >= 0.3 is 5.97 Å². The highest BCUT2D eigenvalue weighted by molar-refractivity contribution is 9.10. The second kappa shape index (κ2) is 6.04. The normalized spacial score (nSPS) is 18.2. The van der Waals surface area contributed by atoms with Crippen LogP contribution in [-0.2, 0) is 9.59 Å². The number of primary amides is 1. The number of nitrogens with zero attached hydrogens (tertiary/aromatic N) is 1. The number of carbonyl (C=O) groups excluding carboxylic acids is 2. The summed E-state index contributed by atoms with van der Waals surface area (Å²) < 4.78 is 13.8. The minimum Gasteiger partial charge on any atom is -0.481 e. The van der Waals surface area contributed by atoms with Gasteiger partial charge in [-0.3, -0.25) is 14.4 Å². The maximum atomic E-state index is 13.6. The predicted octanol–water partition coefficient (Wildman–Crippen LogP) is 1.82. The third-order valence-corrected chi connectivity index (χ3v) is 4.33. The molecule has 1 aromatic rings. The molecule has 3 N–H and O–H groups in total. The molecule has 118 valence electrons. The van der Waals surface area contributed by atoms with Gasteiger partial charge in [0.2, 0.25) is 5.91 Å². The van der Waals surface area contributed by atoms with Gasteiger partial charge in [-0.2, -0.15) is 0 Å². The molecule has 1 aliphatic heterocycles. The molecule has 1 aliphatic rings. The summed E-state index contributed by atoms with van der Waals surface area (Å²) >= 11 is 3.06. The van der Waals surface area contributed by atoms with E-state index < -0.39 is 35.7 Å². The lowest BCUT2D eigenvalue weighted by molar-refractivity contribution is -0.137. The van der Waals surface area contributed by atoms with E-state index in [0.29, 0.717) is 5.56 Å². The van der Waals surface area contributed by atoms with Crippen molar-refractivity contribution < 1.29 is 23.9 Å². The van der Waals surface area contributed by atoms with E-state index in [9.17, 15) is 18.8 Å². The lowest BCUT2D eigenvalue weighted by Crippen LogP contribution is -2.46. The molecule has 0 saturated heterocycles. The number of rotatable bonds is 5. The van der Waals surface area contributed by atoms with Crippen LogP contribution in [0.5, 0.6) is 0 Å². The Morgan fingerprint density at radius 2 is 2.14 bits per heavy atom. The van der Waals surface area contributed by atoms with E-state index in [-0.39, 0.29) is 22.9 Å². The molecule has 22 heavy (non-hydrogen) atoms. The van der Waals surface area contributed by atoms with E-state index in [1.165, 1.54) is 11.0 Å². The first kappa shape index (κ1) is 16.4. The zero-order chi connectivity index (χ0) is 16.6. The van der Waals surface area contributed by atoms with Gasteiger partial charge in [0.15, 0.2) is 0 Å². The summed E-state index contributed by atoms with van der Waals surface area (Å²) in [7, 11) is 0. The molecule has 2 amide bonds. The van der Waals surface area contributed by atoms with Crippen molar-refractivity contribution in [1.82, 2.24) is 4.90 Å². The van der Waals surface area contributed by atoms with Crippen molar-refractivity contribution in [3.05, 3.63) is 33.5 Å². The number of benzene rings is 1. The number of hydrogen-bond donors (Lipinski definition) is 2. The maximum Gasteiger partial charge on any atom is 0.303 e. The lowest BCUT2D eigenvalue weighted by Gasteiger charge is -2.29. The van der Waals surface area contributed by atoms with Gasteiger partial charge in [-0.05, 0) is 47.0 Å². The molecule has 0 saturated carbocycles. The standard InChI is InChI=1S/C14H14BrFN2O4/c1-6-7-4-9(15)10(16)5-8(7)14(22)18(6)11(13(17)21)2-3-12(19)20/h4-6,11H,2-3H2,1H3,(H2,17,21)(H,19,20)/t6-,11-/m0/s1. The number of halogens is 2. The third kappa shape index (κ3) is 2.83. The van der Waals surface area contributed by atoms with Crippen LogP contribution >= 0.6 is 15.9 Å². The molecular weight excluding hydrogens is 359 g/mol. The highest BCUT2D eigenvalue weighted by atomic mass is 79.9. The number of carbonyl (C=O) groups is 3. The molecule has 0 fully saturated rings. The summed E-state index contributed by atoms with van der Waals surface area (Å²) in [5.74, 6) is -2.98. The van der Waals surface area contributed by atoms with Gasteiger partial charge in [0.25, 0.3) is 5.91 Å². The number of nitrogens with two attached hydrogens (primary N) is 1. The van der Waals surface area contributed by atoms with Gasteiger partial charge in [0.05, 0.1) is 10.5 Å². The quantitative estimate of drug-likeness (QED) is 0.822. The van der Waals surface area contributed by atoms with Gasteiger partial charge < -0.3 is 15.7 Å². The summed E-state index contributed by atoms with van der Waals surface area (Å²) in [5, 5.41) is 8.75. The molecule has 0 bridgehead atoms. The molecule has 0 radical (unpaired) electrons. The van der Waals surface area contributed by atoms with Crippen LogP contribution < -0.4 is 5.73 Å². The molecule has 0 unspecified atom stereocenters. The van der Waals surface area contributed by atoms with Crippen LogP contribution in [0.2, 0.25) is 0 Å². The molecule has 1 aromatic carbocycles. The summed E-state index contributed by atoms with van der Waals surface area (Å²) in [6.07, 6.45) is -0.378. The highest BCUT2D eigenvalue weighted by Gasteiger charge is 2.41. The van der Waals surface area contributed by atoms with Crippen LogP contribution in [-0.4, -0.2) is 33.8 Å². The number of carboxylic acid groups (broad SMARTS) is 1. The Kier molecular flexibility index (Phi) is 4.50. The van der Waals surface area contributed by atoms with Crippen molar-refractivity contribution in [2.75, 3.05) is 0 Å². The molecular formula is C14H14BrFN2O4. The van der Waals surface area contributed by atoms with E-state index >= 15 is 0 Å². The van der Waals surface area contributed by atoms with Crippen molar-refractivity contribution >= 4 is 33.7 Å². The molecule has 8 heteroatoms. The number of fused-ring (bicyclic) bond motifs is 1. The molecule has 0 spiro atoms. The third-order valence-electron chi connectivity index (χ3n) is 3.72. The molecule has 6 nitrogen and oxygen atoms in total. The first-order valence-electron chi connectivity index (χ1n) is 6.56. The minimum absolute atomic E-state index is 0.0849. The molecule has 2 rings (SSSR count). The molecule has 0 aliphatic carbocycles. The number of carboxylic acids is 1. The van der Waals surface area contributed by atoms with Crippen LogP contribution in [0, 0.1) is 5.82 Å². The van der Waals surface area contributed by atoms with Gasteiger partial charge in [-0.25, -0.2) is 4.39 Å². The predicted molar refractivity (Wildman–Crippen MR) is 78.5 cm³/mol. The minimum atomic E-state index is -1.09. The van der Waals surface area contributed by atoms with Crippen molar-refractivity contribution in [2.45, 2.75) is 31.8 Å². The summed E-state index contributed by atoms with van der Waals surface area (Å²) in [6.45, 7) is 1.69. The van der Waals surface area contributed by atoms with Crippen molar-refractivity contribution in [2.24, 2.45) is 5.73 Å². The van der Waals surface area contributed by atoms with E-state index in [2.05, 4.69) is 15.9 Å². The molecule has 0 aromatic heterocycles. The van der Waals surface area contributed by atoms with Crippen LogP contribution in [0.3, 0.4) is 0 Å². The SMILES string of the molecule is C[C@H]1c2cc(Br)c(F)cc2C(=O)N1[C@@H](CCC(=O)O)C(N)=O. The lowest BCUT2D eigenvalue weighted by atomic mass is 10.0. The van der Waals surface area contributed by atoms with Gasteiger partial charge in [0.1, 0.15) is 11.9 Å². The smallest absolute Gasteiger partial charge is 0.303 e. The largest absolute Gasteiger partial charge is 0.481 e. The van der Waals surface area contributed by atoms with Crippen LogP contribution in [0.4, 0.5) is 4.39 Å². The second-order valence-corrected chi connectivity index (χ2v) is 5.95. The first-order chi connectivity index (χ1) is 10.2. The fourth-order valence-corrected chi connectivity index (χ4v) is 3.01. The maximum absolute atomic E-state index is 13.6. The Labute approximate surface area is 134 Å². The summed E-state index contributed by atoms with van der Waals surface area (Å²) in [4.78, 5) is 36.0. The Morgan fingerprint density at radius 1 is 1.50 bits per heavy atom. The Morgan fingerprint density at radius 3 is 2.68 bits per heavy atom. The van der Waals surface area contributed by atoms with E-state index in [1.54, 1.807) is 6.92 Å². The highest BCUT2D eigenvalue weighted by Crippen LogP contribution is 2.38. The van der Waals surface area contributed by atoms with E-state index in [1.807, 2.05) is 0 Å². The monoisotopic (exact) mass is 372 g/mol. The number of aliphatic carboxylic acids is 1. The van der Waals surface area contributed by atoms with Crippen molar-refractivity contribution in [3.8, 4) is 0 Å². The van der Waals surface area contributed by atoms with Crippen molar-refractivity contribution in [1.29, 1.82) is 0 Å². The van der Waals surface area contributed by atoms with E-state index in [4.69, 9.17) is 10.8 Å². The molecule has 2 atom stereocenters. The summed E-state index contributed by atoms with van der Waals surface area (Å²) in [5.41, 5.74) is 6.04. The van der Waals surface area contributed by atoms with Gasteiger partial charge in [0, 0.05) is 12.0 Å². The van der Waals surface area contributed by atoms with Crippen LogP contribution in [0.15, 0.2) is 16.6 Å². The zero-order valence-electron chi connectivity index (χ0n) is 11.7.